The minimum atomic E-state index is -1.04. The molecule has 1 fully saturated rings. The molecule has 2 atom stereocenters. The van der Waals surface area contributed by atoms with Crippen LogP contribution >= 0.6 is 23.2 Å². The normalized spacial score (nSPS) is 18.6. The van der Waals surface area contributed by atoms with Crippen LogP contribution in [0.4, 0.5) is 10.5 Å². The van der Waals surface area contributed by atoms with Crippen LogP contribution < -0.4 is 10.2 Å². The fourth-order valence-electron chi connectivity index (χ4n) is 6.84. The molecule has 0 unspecified atom stereocenters. The standard InChI is InChI=1S/C35H39Cl2N5O3/c1-40(2)21-23-17-24-18-28(37)11-12-32(24)42(22-23)33(43)31(19-25-20-38-30-6-4-3-5-29(25)30)39-34(44)41-15-13-35(45,14-16-41)26-7-9-27(36)10-8-26/h3-12,18,20,23,31,38,45H,13-17,19,21-22H2,1-2H3,(H,39,44)/t23-,31+/m0/s1. The molecular formula is C35H39Cl2N5O3. The summed E-state index contributed by atoms with van der Waals surface area (Å²) >= 11 is 12.4. The molecule has 1 saturated heterocycles. The predicted molar refractivity (Wildman–Crippen MR) is 180 cm³/mol. The zero-order valence-corrected chi connectivity index (χ0v) is 27.1. The van der Waals surface area contributed by atoms with E-state index in [0.717, 1.165) is 46.2 Å². The largest absolute Gasteiger partial charge is 0.385 e. The molecule has 1 aromatic heterocycles. The lowest BCUT2D eigenvalue weighted by atomic mass is 9.84. The van der Waals surface area contributed by atoms with E-state index in [1.54, 1.807) is 17.0 Å². The molecule has 3 amide bonds. The smallest absolute Gasteiger partial charge is 0.318 e. The molecule has 4 aromatic rings. The Balaban J connectivity index is 1.25. The van der Waals surface area contributed by atoms with E-state index in [4.69, 9.17) is 23.2 Å². The lowest BCUT2D eigenvalue weighted by molar-refractivity contribution is -0.120. The Morgan fingerprint density at radius 1 is 1.04 bits per heavy atom. The lowest BCUT2D eigenvalue weighted by Crippen LogP contribution is -2.57. The van der Waals surface area contributed by atoms with Crippen molar-refractivity contribution in [3.8, 4) is 0 Å². The number of hydrogen-bond donors (Lipinski definition) is 3. The molecule has 236 valence electrons. The highest BCUT2D eigenvalue weighted by Crippen LogP contribution is 2.35. The second-order valence-electron chi connectivity index (χ2n) is 12.6. The molecule has 3 N–H and O–H groups in total. The Morgan fingerprint density at radius 3 is 2.49 bits per heavy atom. The van der Waals surface area contributed by atoms with Gasteiger partial charge in [-0.1, -0.05) is 53.5 Å². The SMILES string of the molecule is CN(C)C[C@@H]1Cc2cc(Cl)ccc2N(C(=O)[C@@H](Cc2c[nH]c3ccccc23)NC(=O)N2CCC(O)(c3ccc(Cl)cc3)CC2)C1. The maximum absolute atomic E-state index is 14.6. The van der Waals surface area contributed by atoms with Gasteiger partial charge < -0.3 is 30.1 Å². The molecular weight excluding hydrogens is 609 g/mol. The fraction of sp³-hybridized carbons (Fsp3) is 0.371. The van der Waals surface area contributed by atoms with Crippen molar-refractivity contribution in [1.29, 1.82) is 0 Å². The van der Waals surface area contributed by atoms with Crippen LogP contribution in [0.15, 0.2) is 72.9 Å². The zero-order valence-electron chi connectivity index (χ0n) is 25.6. The molecule has 45 heavy (non-hydrogen) atoms. The number of carbonyl (C=O) groups is 2. The average molecular weight is 649 g/mol. The van der Waals surface area contributed by atoms with E-state index in [1.165, 1.54) is 0 Å². The van der Waals surface area contributed by atoms with Crippen molar-refractivity contribution >= 4 is 51.7 Å². The number of H-pyrrole nitrogens is 1. The van der Waals surface area contributed by atoms with Gasteiger partial charge in [0.25, 0.3) is 0 Å². The summed E-state index contributed by atoms with van der Waals surface area (Å²) in [5.74, 6) is 0.0577. The Hall–Kier alpha value is -3.56. The zero-order chi connectivity index (χ0) is 31.7. The summed E-state index contributed by atoms with van der Waals surface area (Å²) in [5.41, 5.74) is 3.55. The van der Waals surface area contributed by atoms with E-state index in [2.05, 4.69) is 15.2 Å². The van der Waals surface area contributed by atoms with Crippen LogP contribution in [0.1, 0.15) is 29.5 Å². The van der Waals surface area contributed by atoms with Gasteiger partial charge in [0.15, 0.2) is 0 Å². The molecule has 10 heteroatoms. The molecule has 2 aliphatic heterocycles. The summed E-state index contributed by atoms with van der Waals surface area (Å²) in [5, 5.41) is 16.7. The van der Waals surface area contributed by atoms with E-state index in [0.29, 0.717) is 48.9 Å². The summed E-state index contributed by atoms with van der Waals surface area (Å²) in [7, 11) is 4.07. The van der Waals surface area contributed by atoms with Gasteiger partial charge in [0.2, 0.25) is 5.91 Å². The second kappa shape index (κ2) is 13.0. The van der Waals surface area contributed by atoms with Gasteiger partial charge in [-0.3, -0.25) is 4.79 Å². The van der Waals surface area contributed by atoms with Crippen molar-refractivity contribution in [3.05, 3.63) is 99.7 Å². The number of likely N-dealkylation sites (tertiary alicyclic amines) is 1. The van der Waals surface area contributed by atoms with Gasteiger partial charge >= 0.3 is 6.03 Å². The van der Waals surface area contributed by atoms with E-state index >= 15 is 0 Å². The van der Waals surface area contributed by atoms with Crippen molar-refractivity contribution in [3.63, 3.8) is 0 Å². The number of nitrogens with zero attached hydrogens (tertiary/aromatic N) is 3. The lowest BCUT2D eigenvalue weighted by Gasteiger charge is -2.40. The number of halogens is 2. The van der Waals surface area contributed by atoms with Crippen LogP contribution in [0, 0.1) is 5.92 Å². The van der Waals surface area contributed by atoms with Gasteiger partial charge in [0.05, 0.1) is 5.60 Å². The molecule has 0 radical (unpaired) electrons. The monoisotopic (exact) mass is 647 g/mol. The number of benzene rings is 3. The van der Waals surface area contributed by atoms with E-state index in [-0.39, 0.29) is 17.9 Å². The van der Waals surface area contributed by atoms with Gasteiger partial charge in [-0.15, -0.1) is 0 Å². The van der Waals surface area contributed by atoms with E-state index in [9.17, 15) is 14.7 Å². The first-order valence-electron chi connectivity index (χ1n) is 15.4. The number of rotatable bonds is 7. The van der Waals surface area contributed by atoms with Crippen LogP contribution in [-0.2, 0) is 23.2 Å². The maximum Gasteiger partial charge on any atom is 0.318 e. The van der Waals surface area contributed by atoms with Crippen molar-refractivity contribution in [2.24, 2.45) is 5.92 Å². The predicted octanol–water partition coefficient (Wildman–Crippen LogP) is 5.85. The molecule has 3 heterocycles. The number of amides is 3. The molecule has 8 nitrogen and oxygen atoms in total. The minimum Gasteiger partial charge on any atom is -0.385 e. The van der Waals surface area contributed by atoms with Crippen molar-refractivity contribution in [1.82, 2.24) is 20.1 Å². The van der Waals surface area contributed by atoms with Gasteiger partial charge in [-0.25, -0.2) is 4.79 Å². The molecule has 0 bridgehead atoms. The quantitative estimate of drug-likeness (QED) is 0.235. The van der Waals surface area contributed by atoms with E-state index < -0.39 is 11.6 Å². The Kier molecular flexibility index (Phi) is 9.11. The summed E-state index contributed by atoms with van der Waals surface area (Å²) < 4.78 is 0. The average Bonchev–Trinajstić information content (AvgIpc) is 3.42. The third kappa shape index (κ3) is 6.84. The number of aliphatic hydroxyl groups is 1. The summed E-state index contributed by atoms with van der Waals surface area (Å²) in [6, 6.07) is 19.7. The number of fused-ring (bicyclic) bond motifs is 2. The molecule has 3 aromatic carbocycles. The minimum absolute atomic E-state index is 0.157. The first-order chi connectivity index (χ1) is 21.6. The van der Waals surface area contributed by atoms with Crippen molar-refractivity contribution < 1.29 is 14.7 Å². The molecule has 0 spiro atoms. The Labute approximate surface area is 273 Å². The van der Waals surface area contributed by atoms with Crippen molar-refractivity contribution in [2.75, 3.05) is 45.2 Å². The molecule has 6 rings (SSSR count). The third-order valence-electron chi connectivity index (χ3n) is 9.13. The molecule has 0 aliphatic carbocycles. The number of aromatic amines is 1. The molecule has 0 saturated carbocycles. The van der Waals surface area contributed by atoms with Gasteiger partial charge in [-0.2, -0.15) is 0 Å². The van der Waals surface area contributed by atoms with Crippen LogP contribution in [0.5, 0.6) is 0 Å². The number of urea groups is 1. The highest BCUT2D eigenvalue weighted by molar-refractivity contribution is 6.31. The summed E-state index contributed by atoms with van der Waals surface area (Å²) in [6.07, 6.45) is 3.84. The first kappa shape index (κ1) is 31.4. The number of nitrogens with one attached hydrogen (secondary N) is 2. The summed E-state index contributed by atoms with van der Waals surface area (Å²) in [6.45, 7) is 2.08. The number of carbonyl (C=O) groups excluding carboxylic acids is 2. The summed E-state index contributed by atoms with van der Waals surface area (Å²) in [4.78, 5) is 37.3. The number of para-hydroxylation sites is 1. The van der Waals surface area contributed by atoms with Gasteiger partial charge in [-0.05, 0) is 92.4 Å². The van der Waals surface area contributed by atoms with Crippen LogP contribution in [0.3, 0.4) is 0 Å². The van der Waals surface area contributed by atoms with Gasteiger partial charge in [0.1, 0.15) is 6.04 Å². The first-order valence-corrected chi connectivity index (χ1v) is 16.2. The highest BCUT2D eigenvalue weighted by atomic mass is 35.5. The second-order valence-corrected chi connectivity index (χ2v) is 13.5. The van der Waals surface area contributed by atoms with Crippen molar-refractivity contribution in [2.45, 2.75) is 37.3 Å². The van der Waals surface area contributed by atoms with Gasteiger partial charge in [0, 0.05) is 65.4 Å². The highest BCUT2D eigenvalue weighted by Gasteiger charge is 2.38. The number of anilines is 1. The molecule has 2 aliphatic rings. The van der Waals surface area contributed by atoms with Crippen LogP contribution in [-0.4, -0.2) is 78.1 Å². The topological polar surface area (TPSA) is 91.9 Å². The Bertz CT molecular complexity index is 1680. The van der Waals surface area contributed by atoms with Crippen LogP contribution in [0.2, 0.25) is 10.0 Å². The fourth-order valence-corrected chi connectivity index (χ4v) is 7.16. The Morgan fingerprint density at radius 2 is 1.76 bits per heavy atom. The van der Waals surface area contributed by atoms with E-state index in [1.807, 2.05) is 79.8 Å². The van der Waals surface area contributed by atoms with Crippen LogP contribution in [0.25, 0.3) is 10.9 Å². The number of piperidine rings is 1. The number of aromatic nitrogens is 1. The third-order valence-corrected chi connectivity index (χ3v) is 9.61. The number of hydrogen-bond acceptors (Lipinski definition) is 4. The maximum atomic E-state index is 14.6.